The van der Waals surface area contributed by atoms with Gasteiger partial charge in [-0.25, -0.2) is 0 Å². The van der Waals surface area contributed by atoms with E-state index in [2.05, 4.69) is 24.5 Å². The second-order valence-electron chi connectivity index (χ2n) is 4.54. The Morgan fingerprint density at radius 1 is 1.57 bits per heavy atom. The molecule has 1 aliphatic rings. The molecule has 0 radical (unpaired) electrons. The Hall–Kier alpha value is -0.570. The van der Waals surface area contributed by atoms with E-state index >= 15 is 0 Å². The van der Waals surface area contributed by atoms with E-state index in [1.165, 1.54) is 12.8 Å². The summed E-state index contributed by atoms with van der Waals surface area (Å²) < 4.78 is 0. The normalized spacial score (nSPS) is 21.6. The molecule has 0 aromatic heterocycles. The van der Waals surface area contributed by atoms with Gasteiger partial charge in [-0.1, -0.05) is 13.8 Å². The van der Waals surface area contributed by atoms with Crippen LogP contribution in [0, 0.1) is 5.92 Å². The molecule has 1 aliphatic heterocycles. The molecule has 0 saturated carbocycles. The highest BCUT2D eigenvalue weighted by molar-refractivity contribution is 5.78. The van der Waals surface area contributed by atoms with Gasteiger partial charge in [0.2, 0.25) is 5.91 Å². The van der Waals surface area contributed by atoms with Crippen LogP contribution in [0.5, 0.6) is 0 Å². The fourth-order valence-corrected chi connectivity index (χ4v) is 1.74. The first kappa shape index (κ1) is 11.5. The molecule has 82 valence electrons. The Balaban J connectivity index is 1.91. The quantitative estimate of drug-likeness (QED) is 0.631. The first-order valence-electron chi connectivity index (χ1n) is 5.68. The lowest BCUT2D eigenvalue weighted by Crippen LogP contribution is -2.36. The summed E-state index contributed by atoms with van der Waals surface area (Å²) in [4.78, 5) is 10.9. The predicted molar refractivity (Wildman–Crippen MR) is 58.1 cm³/mol. The van der Waals surface area contributed by atoms with Crippen LogP contribution in [0.25, 0.3) is 0 Å². The minimum atomic E-state index is 0.207. The van der Waals surface area contributed by atoms with Crippen LogP contribution < -0.4 is 10.6 Å². The van der Waals surface area contributed by atoms with E-state index in [1.54, 1.807) is 0 Å². The van der Waals surface area contributed by atoms with E-state index in [0.717, 1.165) is 25.4 Å². The Bertz CT molecular complexity index is 180. The number of carbonyl (C=O) groups excluding carboxylic acids is 1. The van der Waals surface area contributed by atoms with Crippen molar-refractivity contribution < 1.29 is 4.79 Å². The zero-order chi connectivity index (χ0) is 10.4. The molecule has 2 N–H and O–H groups in total. The molecular weight excluding hydrogens is 176 g/mol. The average Bonchev–Trinajstić information content (AvgIpc) is 2.50. The summed E-state index contributed by atoms with van der Waals surface area (Å²) in [6.45, 7) is 6.50. The van der Waals surface area contributed by atoms with Crippen LogP contribution in [0.2, 0.25) is 0 Å². The second-order valence-corrected chi connectivity index (χ2v) is 4.54. The second kappa shape index (κ2) is 6.02. The van der Waals surface area contributed by atoms with Gasteiger partial charge in [-0.05, 0) is 31.7 Å². The van der Waals surface area contributed by atoms with E-state index in [1.807, 2.05) is 0 Å². The van der Waals surface area contributed by atoms with Crippen LogP contribution in [-0.4, -0.2) is 25.0 Å². The largest absolute Gasteiger partial charge is 0.352 e. The maximum atomic E-state index is 10.9. The van der Waals surface area contributed by atoms with Crippen LogP contribution in [0.4, 0.5) is 0 Å². The number of nitrogens with one attached hydrogen (secondary N) is 2. The van der Waals surface area contributed by atoms with Crippen molar-refractivity contribution in [3.05, 3.63) is 0 Å². The number of amides is 1. The molecule has 3 heteroatoms. The molecule has 1 saturated heterocycles. The summed E-state index contributed by atoms with van der Waals surface area (Å²) in [6.07, 6.45) is 4.22. The monoisotopic (exact) mass is 198 g/mol. The van der Waals surface area contributed by atoms with Crippen LogP contribution in [0.15, 0.2) is 0 Å². The van der Waals surface area contributed by atoms with Gasteiger partial charge in [-0.15, -0.1) is 0 Å². The smallest absolute Gasteiger partial charge is 0.220 e. The van der Waals surface area contributed by atoms with E-state index in [-0.39, 0.29) is 5.91 Å². The van der Waals surface area contributed by atoms with Crippen molar-refractivity contribution in [1.29, 1.82) is 0 Å². The molecule has 0 aliphatic carbocycles. The number of rotatable bonds is 6. The molecule has 0 aromatic rings. The lowest BCUT2D eigenvalue weighted by molar-refractivity contribution is -0.119. The Labute approximate surface area is 86.6 Å². The zero-order valence-corrected chi connectivity index (χ0v) is 9.31. The van der Waals surface area contributed by atoms with Crippen molar-refractivity contribution in [2.24, 2.45) is 5.92 Å². The number of hydrogen-bond acceptors (Lipinski definition) is 2. The summed E-state index contributed by atoms with van der Waals surface area (Å²) in [5, 5.41) is 6.34. The van der Waals surface area contributed by atoms with E-state index in [0.29, 0.717) is 12.5 Å². The standard InChI is InChI=1S/C11H22N2O/c1-9(2)4-3-7-12-8-10-5-6-11(14)13-10/h9-10,12H,3-8H2,1-2H3,(H,13,14). The van der Waals surface area contributed by atoms with E-state index in [9.17, 15) is 4.79 Å². The maximum Gasteiger partial charge on any atom is 0.220 e. The lowest BCUT2D eigenvalue weighted by Gasteiger charge is -2.11. The third-order valence-corrected chi connectivity index (χ3v) is 2.61. The van der Waals surface area contributed by atoms with Crippen LogP contribution in [0.1, 0.15) is 39.5 Å². The van der Waals surface area contributed by atoms with Crippen molar-refractivity contribution in [1.82, 2.24) is 10.6 Å². The Morgan fingerprint density at radius 2 is 2.36 bits per heavy atom. The molecule has 1 rings (SSSR count). The fraction of sp³-hybridized carbons (Fsp3) is 0.909. The summed E-state index contributed by atoms with van der Waals surface area (Å²) >= 11 is 0. The highest BCUT2D eigenvalue weighted by atomic mass is 16.1. The minimum Gasteiger partial charge on any atom is -0.352 e. The highest BCUT2D eigenvalue weighted by Crippen LogP contribution is 2.05. The maximum absolute atomic E-state index is 10.9. The highest BCUT2D eigenvalue weighted by Gasteiger charge is 2.19. The van der Waals surface area contributed by atoms with Gasteiger partial charge in [0.15, 0.2) is 0 Å². The summed E-state index contributed by atoms with van der Waals surface area (Å²) in [5.74, 6) is 1.00. The molecule has 1 unspecified atom stereocenters. The molecule has 0 spiro atoms. The zero-order valence-electron chi connectivity index (χ0n) is 9.31. The fourth-order valence-electron chi connectivity index (χ4n) is 1.74. The van der Waals surface area contributed by atoms with Gasteiger partial charge < -0.3 is 10.6 Å². The minimum absolute atomic E-state index is 0.207. The molecule has 0 bridgehead atoms. The Morgan fingerprint density at radius 3 is 2.93 bits per heavy atom. The SMILES string of the molecule is CC(C)CCCNCC1CCC(=O)N1. The number of hydrogen-bond donors (Lipinski definition) is 2. The summed E-state index contributed by atoms with van der Waals surface area (Å²) in [5.41, 5.74) is 0. The molecule has 3 nitrogen and oxygen atoms in total. The van der Waals surface area contributed by atoms with Crippen LogP contribution in [0.3, 0.4) is 0 Å². The van der Waals surface area contributed by atoms with Crippen LogP contribution in [-0.2, 0) is 4.79 Å². The molecule has 0 aromatic carbocycles. The Kier molecular flexibility index (Phi) is 4.94. The van der Waals surface area contributed by atoms with E-state index < -0.39 is 0 Å². The van der Waals surface area contributed by atoms with E-state index in [4.69, 9.17) is 0 Å². The predicted octanol–water partition coefficient (Wildman–Crippen LogP) is 1.29. The first-order valence-corrected chi connectivity index (χ1v) is 5.68. The van der Waals surface area contributed by atoms with Crippen molar-refractivity contribution in [2.75, 3.05) is 13.1 Å². The molecule has 1 amide bonds. The topological polar surface area (TPSA) is 41.1 Å². The first-order chi connectivity index (χ1) is 6.68. The van der Waals surface area contributed by atoms with Gasteiger partial charge in [0, 0.05) is 19.0 Å². The van der Waals surface area contributed by atoms with Gasteiger partial charge in [-0.2, -0.15) is 0 Å². The van der Waals surface area contributed by atoms with Crippen molar-refractivity contribution >= 4 is 5.91 Å². The average molecular weight is 198 g/mol. The van der Waals surface area contributed by atoms with Crippen molar-refractivity contribution in [3.63, 3.8) is 0 Å². The summed E-state index contributed by atoms with van der Waals surface area (Å²) in [7, 11) is 0. The van der Waals surface area contributed by atoms with Gasteiger partial charge in [0.25, 0.3) is 0 Å². The third kappa shape index (κ3) is 4.61. The summed E-state index contributed by atoms with van der Waals surface area (Å²) in [6, 6.07) is 0.376. The molecule has 1 atom stereocenters. The van der Waals surface area contributed by atoms with Gasteiger partial charge in [0.05, 0.1) is 0 Å². The number of carbonyl (C=O) groups is 1. The van der Waals surface area contributed by atoms with Gasteiger partial charge in [0.1, 0.15) is 0 Å². The molecule has 1 fully saturated rings. The molecular formula is C11H22N2O. The van der Waals surface area contributed by atoms with Gasteiger partial charge in [-0.3, -0.25) is 4.79 Å². The van der Waals surface area contributed by atoms with Crippen LogP contribution >= 0.6 is 0 Å². The molecule has 14 heavy (non-hydrogen) atoms. The van der Waals surface area contributed by atoms with Crippen molar-refractivity contribution in [2.45, 2.75) is 45.6 Å². The van der Waals surface area contributed by atoms with Gasteiger partial charge >= 0.3 is 0 Å². The molecule has 1 heterocycles. The van der Waals surface area contributed by atoms with Crippen molar-refractivity contribution in [3.8, 4) is 0 Å². The third-order valence-electron chi connectivity index (χ3n) is 2.61. The lowest BCUT2D eigenvalue weighted by atomic mass is 10.1.